The summed E-state index contributed by atoms with van der Waals surface area (Å²) in [4.78, 5) is 4.76. The molecule has 9 heteroatoms. The minimum Gasteiger partial charge on any atom is -0.396 e. The van der Waals surface area contributed by atoms with Gasteiger partial charge in [0.2, 0.25) is 10.0 Å². The maximum atomic E-state index is 13.2. The third-order valence-corrected chi connectivity index (χ3v) is 5.20. The first-order valence-electron chi connectivity index (χ1n) is 5.45. The summed E-state index contributed by atoms with van der Waals surface area (Å²) < 4.78 is 39.7. The summed E-state index contributed by atoms with van der Waals surface area (Å²) in [5, 5.41) is 0.400. The normalized spacial score (nSPS) is 11.8. The van der Waals surface area contributed by atoms with E-state index in [9.17, 15) is 12.8 Å². The summed E-state index contributed by atoms with van der Waals surface area (Å²) >= 11 is 7.12. The number of hydrogen-bond acceptors (Lipinski definition) is 5. The largest absolute Gasteiger partial charge is 0.396 e. The van der Waals surface area contributed by atoms with Gasteiger partial charge in [-0.25, -0.2) is 22.5 Å². The lowest BCUT2D eigenvalue weighted by atomic mass is 10.3. The molecule has 0 radical (unpaired) electrons. The number of aromatic nitrogens is 1. The molecule has 0 bridgehead atoms. The summed E-state index contributed by atoms with van der Waals surface area (Å²) in [6.45, 7) is 1.90. The summed E-state index contributed by atoms with van der Waals surface area (Å²) in [5.41, 5.74) is 5.08. The summed E-state index contributed by atoms with van der Waals surface area (Å²) in [6.07, 6.45) is 1.65. The molecule has 0 saturated carbocycles. The van der Waals surface area contributed by atoms with E-state index in [2.05, 4.69) is 9.71 Å². The van der Waals surface area contributed by atoms with Crippen molar-refractivity contribution in [1.82, 2.24) is 9.71 Å². The van der Waals surface area contributed by atoms with E-state index in [1.54, 1.807) is 6.20 Å². The van der Waals surface area contributed by atoms with E-state index in [4.69, 9.17) is 17.3 Å². The van der Waals surface area contributed by atoms with Gasteiger partial charge in [0, 0.05) is 11.1 Å². The van der Waals surface area contributed by atoms with Crippen molar-refractivity contribution in [3.63, 3.8) is 0 Å². The van der Waals surface area contributed by atoms with Crippen LogP contribution in [0.15, 0.2) is 23.2 Å². The Morgan fingerprint density at radius 2 is 2.20 bits per heavy atom. The van der Waals surface area contributed by atoms with Gasteiger partial charge < -0.3 is 5.73 Å². The smallest absolute Gasteiger partial charge is 0.242 e. The van der Waals surface area contributed by atoms with Gasteiger partial charge >= 0.3 is 0 Å². The lowest BCUT2D eigenvalue weighted by molar-refractivity contribution is 0.580. The van der Waals surface area contributed by atoms with E-state index < -0.39 is 15.8 Å². The molecule has 2 aromatic rings. The highest BCUT2D eigenvalue weighted by molar-refractivity contribution is 7.89. The number of nitrogens with two attached hydrogens (primary N) is 1. The molecule has 0 atom stereocenters. The topological polar surface area (TPSA) is 85.1 Å². The van der Waals surface area contributed by atoms with Gasteiger partial charge in [0.25, 0.3) is 0 Å². The minimum atomic E-state index is -3.88. The second-order valence-electron chi connectivity index (χ2n) is 3.99. The molecule has 0 unspecified atom stereocenters. The minimum absolute atomic E-state index is 0.0362. The summed E-state index contributed by atoms with van der Waals surface area (Å²) in [7, 11) is -3.88. The van der Waals surface area contributed by atoms with E-state index in [1.807, 2.05) is 6.92 Å². The number of aryl methyl sites for hydroxylation is 1. The summed E-state index contributed by atoms with van der Waals surface area (Å²) in [5.74, 6) is -0.760. The molecule has 0 aliphatic rings. The molecule has 1 aromatic carbocycles. The SMILES string of the molecule is Cc1cnc(CNS(=O)(=O)c2cc(N)c(F)cc2Cl)s1. The average Bonchev–Trinajstić information content (AvgIpc) is 2.77. The third-order valence-electron chi connectivity index (χ3n) is 2.42. The Balaban J connectivity index is 2.24. The highest BCUT2D eigenvalue weighted by Gasteiger charge is 2.20. The Morgan fingerprint density at radius 3 is 2.80 bits per heavy atom. The van der Waals surface area contributed by atoms with Gasteiger partial charge in [-0.3, -0.25) is 0 Å². The van der Waals surface area contributed by atoms with Crippen molar-refractivity contribution >= 4 is 38.6 Å². The van der Waals surface area contributed by atoms with Gasteiger partial charge in [-0.05, 0) is 19.1 Å². The van der Waals surface area contributed by atoms with Crippen LogP contribution in [-0.2, 0) is 16.6 Å². The predicted octanol–water partition coefficient (Wildman–Crippen LogP) is 2.30. The summed E-state index contributed by atoms with van der Waals surface area (Å²) in [6, 6.07) is 1.87. The first-order valence-corrected chi connectivity index (χ1v) is 8.13. The fourth-order valence-corrected chi connectivity index (χ4v) is 3.82. The van der Waals surface area contributed by atoms with Crippen molar-refractivity contribution in [3.05, 3.63) is 39.1 Å². The molecule has 0 aliphatic heterocycles. The number of sulfonamides is 1. The molecule has 1 aromatic heterocycles. The van der Waals surface area contributed by atoms with Crippen LogP contribution in [0.4, 0.5) is 10.1 Å². The van der Waals surface area contributed by atoms with Crippen LogP contribution >= 0.6 is 22.9 Å². The van der Waals surface area contributed by atoms with Crippen molar-refractivity contribution < 1.29 is 12.8 Å². The Bertz CT molecular complexity index is 746. The van der Waals surface area contributed by atoms with Crippen molar-refractivity contribution in [2.24, 2.45) is 0 Å². The van der Waals surface area contributed by atoms with Crippen molar-refractivity contribution in [1.29, 1.82) is 0 Å². The highest BCUT2D eigenvalue weighted by atomic mass is 35.5. The fraction of sp³-hybridized carbons (Fsp3) is 0.182. The lowest BCUT2D eigenvalue weighted by Gasteiger charge is -2.08. The first-order chi connectivity index (χ1) is 9.29. The number of hydrogen-bond donors (Lipinski definition) is 2. The molecule has 5 nitrogen and oxygen atoms in total. The van der Waals surface area contributed by atoms with Crippen LogP contribution in [-0.4, -0.2) is 13.4 Å². The second kappa shape index (κ2) is 5.65. The quantitative estimate of drug-likeness (QED) is 0.840. The van der Waals surface area contributed by atoms with E-state index in [-0.39, 0.29) is 22.2 Å². The van der Waals surface area contributed by atoms with Crippen LogP contribution in [0.2, 0.25) is 5.02 Å². The van der Waals surface area contributed by atoms with Crippen molar-refractivity contribution in [3.8, 4) is 0 Å². The molecular weight excluding hydrogens is 325 g/mol. The van der Waals surface area contributed by atoms with Crippen molar-refractivity contribution in [2.45, 2.75) is 18.4 Å². The standard InChI is InChI=1S/C11H11ClFN3O2S2/c1-6-4-15-11(19-6)5-16-20(17,18)10-3-9(14)8(13)2-7(10)12/h2-4,16H,5,14H2,1H3. The van der Waals surface area contributed by atoms with Crippen LogP contribution in [0.3, 0.4) is 0 Å². The number of nitrogen functional groups attached to an aromatic ring is 1. The molecule has 0 spiro atoms. The predicted molar refractivity (Wildman–Crippen MR) is 76.7 cm³/mol. The monoisotopic (exact) mass is 335 g/mol. The average molecular weight is 336 g/mol. The first kappa shape index (κ1) is 15.2. The molecule has 108 valence electrons. The fourth-order valence-electron chi connectivity index (χ4n) is 1.47. The van der Waals surface area contributed by atoms with Crippen molar-refractivity contribution in [2.75, 3.05) is 5.73 Å². The van der Waals surface area contributed by atoms with Gasteiger partial charge in [0.05, 0.1) is 17.3 Å². The molecular formula is C11H11ClFN3O2S2. The molecule has 0 fully saturated rings. The maximum absolute atomic E-state index is 13.2. The molecule has 0 aliphatic carbocycles. The third kappa shape index (κ3) is 3.26. The lowest BCUT2D eigenvalue weighted by Crippen LogP contribution is -2.23. The number of rotatable bonds is 4. The molecule has 0 saturated heterocycles. The van der Waals surface area contributed by atoms with Gasteiger partial charge in [-0.2, -0.15) is 0 Å². The van der Waals surface area contributed by atoms with Crippen LogP contribution in [0.1, 0.15) is 9.88 Å². The molecule has 1 heterocycles. The van der Waals surface area contributed by atoms with Crippen LogP contribution in [0, 0.1) is 12.7 Å². The number of nitrogens with one attached hydrogen (secondary N) is 1. The van der Waals surface area contributed by atoms with Crippen LogP contribution < -0.4 is 10.5 Å². The number of thiazole rings is 1. The number of anilines is 1. The van der Waals surface area contributed by atoms with E-state index >= 15 is 0 Å². The zero-order valence-electron chi connectivity index (χ0n) is 10.4. The van der Waals surface area contributed by atoms with Gasteiger partial charge in [0.1, 0.15) is 15.7 Å². The van der Waals surface area contributed by atoms with E-state index in [0.29, 0.717) is 5.01 Å². The van der Waals surface area contributed by atoms with E-state index in [0.717, 1.165) is 17.0 Å². The van der Waals surface area contributed by atoms with E-state index in [1.165, 1.54) is 11.3 Å². The second-order valence-corrected chi connectivity index (χ2v) is 7.46. The Hall–Kier alpha value is -1.22. The Kier molecular flexibility index (Phi) is 4.28. The highest BCUT2D eigenvalue weighted by Crippen LogP contribution is 2.26. The molecule has 2 rings (SSSR count). The molecule has 20 heavy (non-hydrogen) atoms. The Morgan fingerprint density at radius 1 is 1.50 bits per heavy atom. The molecule has 3 N–H and O–H groups in total. The number of halogens is 2. The Labute approximate surface area is 124 Å². The van der Waals surface area contributed by atoms with Crippen LogP contribution in [0.25, 0.3) is 0 Å². The molecule has 0 amide bonds. The zero-order chi connectivity index (χ0) is 14.9. The van der Waals surface area contributed by atoms with Gasteiger partial charge in [0.15, 0.2) is 0 Å². The zero-order valence-corrected chi connectivity index (χ0v) is 12.7. The van der Waals surface area contributed by atoms with Crippen LogP contribution in [0.5, 0.6) is 0 Å². The maximum Gasteiger partial charge on any atom is 0.242 e. The number of nitrogens with zero attached hydrogens (tertiary/aromatic N) is 1. The number of benzene rings is 1. The van der Waals surface area contributed by atoms with Gasteiger partial charge in [-0.1, -0.05) is 11.6 Å². The van der Waals surface area contributed by atoms with Gasteiger partial charge in [-0.15, -0.1) is 11.3 Å².